The Labute approximate surface area is 119 Å². The quantitative estimate of drug-likeness (QED) is 0.941. The van der Waals surface area contributed by atoms with Crippen LogP contribution in [0.1, 0.15) is 24.8 Å². The van der Waals surface area contributed by atoms with Crippen LogP contribution in [0.2, 0.25) is 0 Å². The molecule has 3 rings (SSSR count). The number of imidazole rings is 1. The fourth-order valence-corrected chi connectivity index (χ4v) is 3.04. The lowest BCUT2D eigenvalue weighted by atomic mass is 9.92. The van der Waals surface area contributed by atoms with Crippen LogP contribution >= 0.6 is 15.9 Å². The molecule has 1 N–H and O–H groups in total. The molecule has 1 aromatic carbocycles. The van der Waals surface area contributed by atoms with E-state index in [2.05, 4.69) is 20.9 Å². The highest BCUT2D eigenvalue weighted by Crippen LogP contribution is 2.51. The summed E-state index contributed by atoms with van der Waals surface area (Å²) in [6, 6.07) is 6.06. The first kappa shape index (κ1) is 12.4. The first-order valence-corrected chi connectivity index (χ1v) is 6.90. The molecule has 1 fully saturated rings. The van der Waals surface area contributed by atoms with Gasteiger partial charge in [0, 0.05) is 22.3 Å². The van der Waals surface area contributed by atoms with E-state index in [-0.39, 0.29) is 11.8 Å². The van der Waals surface area contributed by atoms with Gasteiger partial charge >= 0.3 is 5.97 Å². The van der Waals surface area contributed by atoms with Gasteiger partial charge in [-0.25, -0.2) is 4.98 Å². The van der Waals surface area contributed by atoms with Gasteiger partial charge in [-0.05, 0) is 46.5 Å². The molecule has 0 amide bonds. The summed E-state index contributed by atoms with van der Waals surface area (Å²) < 4.78 is 2.88. The first-order valence-electron chi connectivity index (χ1n) is 6.11. The van der Waals surface area contributed by atoms with Crippen molar-refractivity contribution in [1.29, 1.82) is 0 Å². The molecule has 0 spiro atoms. The molecule has 1 aliphatic rings. The van der Waals surface area contributed by atoms with Gasteiger partial charge in [0.15, 0.2) is 0 Å². The van der Waals surface area contributed by atoms with Crippen LogP contribution in [-0.2, 0) is 10.2 Å². The van der Waals surface area contributed by atoms with Gasteiger partial charge in [-0.3, -0.25) is 4.79 Å². The van der Waals surface area contributed by atoms with Crippen LogP contribution in [0.4, 0.5) is 0 Å². The number of hydrogen-bond acceptors (Lipinski definition) is 2. The van der Waals surface area contributed by atoms with Crippen LogP contribution in [0.15, 0.2) is 41.4 Å². The molecule has 0 aliphatic heterocycles. The van der Waals surface area contributed by atoms with Crippen LogP contribution in [0.5, 0.6) is 0 Å². The van der Waals surface area contributed by atoms with E-state index in [1.807, 2.05) is 29.0 Å². The standard InChI is InChI=1S/C14H13BrN2O2/c15-11-7-10(14(3-4-14)8-13(18)19)1-2-12(11)17-6-5-16-9-17/h1-2,5-7,9H,3-4,8H2,(H,18,19). The monoisotopic (exact) mass is 320 g/mol. The molecule has 1 saturated carbocycles. The van der Waals surface area contributed by atoms with Crippen LogP contribution in [0.3, 0.4) is 0 Å². The number of hydrogen-bond donors (Lipinski definition) is 1. The third-order valence-electron chi connectivity index (χ3n) is 3.69. The Hall–Kier alpha value is -1.62. The van der Waals surface area contributed by atoms with Gasteiger partial charge in [0.25, 0.3) is 0 Å². The minimum Gasteiger partial charge on any atom is -0.481 e. The zero-order chi connectivity index (χ0) is 13.5. The molecule has 5 heteroatoms. The van der Waals surface area contributed by atoms with Crippen molar-refractivity contribution >= 4 is 21.9 Å². The molecular weight excluding hydrogens is 308 g/mol. The minimum absolute atomic E-state index is 0.151. The van der Waals surface area contributed by atoms with E-state index >= 15 is 0 Å². The minimum atomic E-state index is -0.729. The summed E-state index contributed by atoms with van der Waals surface area (Å²) in [5.74, 6) is -0.729. The number of carboxylic acid groups (broad SMARTS) is 1. The van der Waals surface area contributed by atoms with Gasteiger partial charge < -0.3 is 9.67 Å². The molecule has 0 saturated heterocycles. The van der Waals surface area contributed by atoms with Gasteiger partial charge in [0.1, 0.15) is 0 Å². The molecule has 0 atom stereocenters. The molecule has 0 radical (unpaired) electrons. The lowest BCUT2D eigenvalue weighted by Gasteiger charge is -2.15. The third-order valence-corrected chi connectivity index (χ3v) is 4.32. The number of aliphatic carboxylic acids is 1. The van der Waals surface area contributed by atoms with Crippen molar-refractivity contribution < 1.29 is 9.90 Å². The van der Waals surface area contributed by atoms with Crippen LogP contribution in [0.25, 0.3) is 5.69 Å². The van der Waals surface area contributed by atoms with E-state index < -0.39 is 5.97 Å². The number of carbonyl (C=O) groups is 1. The predicted octanol–water partition coefficient (Wildman–Crippen LogP) is 3.14. The van der Waals surface area contributed by atoms with E-state index in [9.17, 15) is 4.79 Å². The Morgan fingerprint density at radius 1 is 1.47 bits per heavy atom. The molecule has 2 aromatic rings. The zero-order valence-corrected chi connectivity index (χ0v) is 11.8. The average Bonchev–Trinajstić information content (AvgIpc) is 2.93. The van der Waals surface area contributed by atoms with Crippen molar-refractivity contribution in [3.05, 3.63) is 47.0 Å². The lowest BCUT2D eigenvalue weighted by Crippen LogP contribution is -2.13. The van der Waals surface area contributed by atoms with Crippen LogP contribution in [0, 0.1) is 0 Å². The molecule has 0 bridgehead atoms. The van der Waals surface area contributed by atoms with E-state index in [4.69, 9.17) is 5.11 Å². The second-order valence-corrected chi connectivity index (χ2v) is 5.84. The Morgan fingerprint density at radius 2 is 2.26 bits per heavy atom. The number of carboxylic acids is 1. The topological polar surface area (TPSA) is 55.1 Å². The number of nitrogens with zero attached hydrogens (tertiary/aromatic N) is 2. The van der Waals surface area contributed by atoms with E-state index in [0.717, 1.165) is 28.6 Å². The molecule has 4 nitrogen and oxygen atoms in total. The largest absolute Gasteiger partial charge is 0.481 e. The Balaban J connectivity index is 1.94. The van der Waals surface area contributed by atoms with Gasteiger partial charge in [-0.2, -0.15) is 0 Å². The summed E-state index contributed by atoms with van der Waals surface area (Å²) in [4.78, 5) is 15.0. The average molecular weight is 321 g/mol. The van der Waals surface area contributed by atoms with Crippen LogP contribution < -0.4 is 0 Å². The van der Waals surface area contributed by atoms with Gasteiger partial charge in [0.05, 0.1) is 18.4 Å². The molecular formula is C14H13BrN2O2. The van der Waals surface area contributed by atoms with E-state index in [1.54, 1.807) is 12.5 Å². The Kier molecular flexibility index (Phi) is 2.93. The zero-order valence-electron chi connectivity index (χ0n) is 10.2. The van der Waals surface area contributed by atoms with Crippen molar-refractivity contribution in [3.63, 3.8) is 0 Å². The second kappa shape index (κ2) is 4.49. The highest BCUT2D eigenvalue weighted by Gasteiger charge is 2.46. The maximum absolute atomic E-state index is 10.9. The SMILES string of the molecule is O=C(O)CC1(c2ccc(-n3ccnc3)c(Br)c2)CC1. The first-order chi connectivity index (χ1) is 9.11. The summed E-state index contributed by atoms with van der Waals surface area (Å²) in [6.45, 7) is 0. The third kappa shape index (κ3) is 2.30. The number of halogens is 1. The molecule has 1 aromatic heterocycles. The smallest absolute Gasteiger partial charge is 0.304 e. The Bertz CT molecular complexity index is 618. The molecule has 19 heavy (non-hydrogen) atoms. The van der Waals surface area contributed by atoms with E-state index in [0.29, 0.717) is 0 Å². The van der Waals surface area contributed by atoms with E-state index in [1.165, 1.54) is 0 Å². The number of rotatable bonds is 4. The predicted molar refractivity (Wildman–Crippen MR) is 74.4 cm³/mol. The summed E-state index contributed by atoms with van der Waals surface area (Å²) in [5.41, 5.74) is 1.96. The second-order valence-electron chi connectivity index (χ2n) is 4.99. The maximum Gasteiger partial charge on any atom is 0.304 e. The number of benzene rings is 1. The molecule has 1 heterocycles. The fourth-order valence-electron chi connectivity index (χ4n) is 2.46. The molecule has 98 valence electrons. The van der Waals surface area contributed by atoms with Gasteiger partial charge in [0.2, 0.25) is 0 Å². The van der Waals surface area contributed by atoms with Crippen molar-refractivity contribution in [2.45, 2.75) is 24.7 Å². The van der Waals surface area contributed by atoms with Crippen LogP contribution in [-0.4, -0.2) is 20.6 Å². The molecule has 0 unspecified atom stereocenters. The van der Waals surface area contributed by atoms with Crippen molar-refractivity contribution in [2.75, 3.05) is 0 Å². The normalized spacial score (nSPS) is 16.3. The summed E-state index contributed by atoms with van der Waals surface area (Å²) in [7, 11) is 0. The lowest BCUT2D eigenvalue weighted by molar-refractivity contribution is -0.137. The Morgan fingerprint density at radius 3 is 2.79 bits per heavy atom. The molecule has 1 aliphatic carbocycles. The van der Waals surface area contributed by atoms with Gasteiger partial charge in [-0.15, -0.1) is 0 Å². The van der Waals surface area contributed by atoms with Crippen molar-refractivity contribution in [3.8, 4) is 5.69 Å². The van der Waals surface area contributed by atoms with Crippen molar-refractivity contribution in [1.82, 2.24) is 9.55 Å². The highest BCUT2D eigenvalue weighted by atomic mass is 79.9. The highest BCUT2D eigenvalue weighted by molar-refractivity contribution is 9.10. The van der Waals surface area contributed by atoms with Crippen molar-refractivity contribution in [2.24, 2.45) is 0 Å². The summed E-state index contributed by atoms with van der Waals surface area (Å²) >= 11 is 3.56. The number of aromatic nitrogens is 2. The van der Waals surface area contributed by atoms with Gasteiger partial charge in [-0.1, -0.05) is 6.07 Å². The maximum atomic E-state index is 10.9. The fraction of sp³-hybridized carbons (Fsp3) is 0.286. The summed E-state index contributed by atoms with van der Waals surface area (Å²) in [6.07, 6.45) is 7.47. The summed E-state index contributed by atoms with van der Waals surface area (Å²) in [5, 5.41) is 9.00.